The highest BCUT2D eigenvalue weighted by Gasteiger charge is 2.29. The van der Waals surface area contributed by atoms with Crippen molar-refractivity contribution in [2.24, 2.45) is 5.73 Å². The van der Waals surface area contributed by atoms with Gasteiger partial charge in [-0.05, 0) is 52.4 Å². The van der Waals surface area contributed by atoms with Crippen LogP contribution in [0.4, 0.5) is 0 Å². The van der Waals surface area contributed by atoms with Gasteiger partial charge in [-0.15, -0.1) is 0 Å². The van der Waals surface area contributed by atoms with E-state index in [0.29, 0.717) is 6.54 Å². The number of hydrogen-bond donors (Lipinski definition) is 3. The molecule has 0 aromatic carbocycles. The molecule has 0 aromatic heterocycles. The van der Waals surface area contributed by atoms with Crippen LogP contribution in [0, 0.1) is 0 Å². The Morgan fingerprint density at radius 2 is 2.20 bits per heavy atom. The van der Waals surface area contributed by atoms with Crippen LogP contribution in [-0.4, -0.2) is 55.4 Å². The van der Waals surface area contributed by atoms with Crippen molar-refractivity contribution in [1.29, 1.82) is 0 Å². The van der Waals surface area contributed by atoms with Crippen molar-refractivity contribution < 1.29 is 5.11 Å². The van der Waals surface area contributed by atoms with E-state index >= 15 is 0 Å². The summed E-state index contributed by atoms with van der Waals surface area (Å²) in [4.78, 5) is 2.37. The maximum absolute atomic E-state index is 8.77. The summed E-state index contributed by atoms with van der Waals surface area (Å²) >= 11 is 0. The Bertz CT molecular complexity index is 177. The standard InChI is InChI=1S/C11H25N3O/c1-14-7-2-4-11(10-12,5-8-14)13-6-3-9-15/h13,15H,2-10,12H2,1H3. The highest BCUT2D eigenvalue weighted by Crippen LogP contribution is 2.20. The van der Waals surface area contributed by atoms with Crippen LogP contribution in [0.2, 0.25) is 0 Å². The normalized spacial score (nSPS) is 29.0. The Kier molecular flexibility index (Phi) is 5.53. The third-order valence-corrected chi connectivity index (χ3v) is 3.39. The Labute approximate surface area is 92.8 Å². The molecule has 4 nitrogen and oxygen atoms in total. The number of rotatable bonds is 5. The van der Waals surface area contributed by atoms with E-state index in [-0.39, 0.29) is 12.1 Å². The van der Waals surface area contributed by atoms with Gasteiger partial charge in [-0.1, -0.05) is 0 Å². The zero-order chi connectivity index (χ0) is 11.1. The van der Waals surface area contributed by atoms with Crippen LogP contribution in [0.25, 0.3) is 0 Å². The third kappa shape index (κ3) is 4.07. The first-order valence-electron chi connectivity index (χ1n) is 5.97. The summed E-state index contributed by atoms with van der Waals surface area (Å²) in [5.74, 6) is 0. The Morgan fingerprint density at radius 1 is 1.40 bits per heavy atom. The van der Waals surface area contributed by atoms with Gasteiger partial charge in [0.15, 0.2) is 0 Å². The Balaban J connectivity index is 2.42. The molecule has 90 valence electrons. The average molecular weight is 215 g/mol. The van der Waals surface area contributed by atoms with Crippen LogP contribution in [0.3, 0.4) is 0 Å². The number of aliphatic hydroxyl groups excluding tert-OH is 1. The predicted octanol–water partition coefficient (Wildman–Crippen LogP) is -0.228. The van der Waals surface area contributed by atoms with Gasteiger partial charge in [-0.25, -0.2) is 0 Å². The van der Waals surface area contributed by atoms with Crippen molar-refractivity contribution in [2.75, 3.05) is 39.8 Å². The van der Waals surface area contributed by atoms with Crippen molar-refractivity contribution >= 4 is 0 Å². The highest BCUT2D eigenvalue weighted by atomic mass is 16.3. The van der Waals surface area contributed by atoms with Crippen molar-refractivity contribution in [1.82, 2.24) is 10.2 Å². The fourth-order valence-corrected chi connectivity index (χ4v) is 2.21. The summed E-state index contributed by atoms with van der Waals surface area (Å²) in [6.45, 7) is 4.12. The number of nitrogens with zero attached hydrogens (tertiary/aromatic N) is 1. The maximum atomic E-state index is 8.77. The lowest BCUT2D eigenvalue weighted by molar-refractivity contribution is 0.251. The van der Waals surface area contributed by atoms with Crippen LogP contribution >= 0.6 is 0 Å². The highest BCUT2D eigenvalue weighted by molar-refractivity contribution is 4.91. The molecule has 1 heterocycles. The van der Waals surface area contributed by atoms with Gasteiger partial charge in [0.2, 0.25) is 0 Å². The zero-order valence-corrected chi connectivity index (χ0v) is 9.84. The first-order valence-corrected chi connectivity index (χ1v) is 5.97. The SMILES string of the molecule is CN1CCCC(CN)(NCCCO)CC1. The van der Waals surface area contributed by atoms with Gasteiger partial charge in [0.05, 0.1) is 0 Å². The molecule has 0 aliphatic carbocycles. The van der Waals surface area contributed by atoms with Crippen LogP contribution in [0.1, 0.15) is 25.7 Å². The number of hydrogen-bond acceptors (Lipinski definition) is 4. The van der Waals surface area contributed by atoms with E-state index < -0.39 is 0 Å². The van der Waals surface area contributed by atoms with Crippen molar-refractivity contribution in [3.8, 4) is 0 Å². The van der Waals surface area contributed by atoms with Crippen molar-refractivity contribution in [2.45, 2.75) is 31.2 Å². The molecule has 0 radical (unpaired) electrons. The lowest BCUT2D eigenvalue weighted by atomic mass is 9.90. The summed E-state index contributed by atoms with van der Waals surface area (Å²) in [7, 11) is 2.17. The topological polar surface area (TPSA) is 61.5 Å². The summed E-state index contributed by atoms with van der Waals surface area (Å²) in [5, 5.41) is 12.3. The Morgan fingerprint density at radius 3 is 2.87 bits per heavy atom. The summed E-state index contributed by atoms with van der Waals surface area (Å²) in [5.41, 5.74) is 6.00. The quantitative estimate of drug-likeness (QED) is 0.555. The molecule has 0 amide bonds. The second-order valence-electron chi connectivity index (χ2n) is 4.65. The van der Waals surface area contributed by atoms with Gasteiger partial charge in [0.1, 0.15) is 0 Å². The van der Waals surface area contributed by atoms with Crippen LogP contribution in [0.5, 0.6) is 0 Å². The second-order valence-corrected chi connectivity index (χ2v) is 4.65. The molecule has 1 rings (SSSR count). The zero-order valence-electron chi connectivity index (χ0n) is 9.84. The van der Waals surface area contributed by atoms with Gasteiger partial charge in [0.25, 0.3) is 0 Å². The van der Waals surface area contributed by atoms with E-state index in [4.69, 9.17) is 10.8 Å². The molecule has 0 aromatic rings. The lowest BCUT2D eigenvalue weighted by Gasteiger charge is -2.32. The molecule has 15 heavy (non-hydrogen) atoms. The fraction of sp³-hybridized carbons (Fsp3) is 1.00. The molecule has 4 heteroatoms. The molecular weight excluding hydrogens is 190 g/mol. The molecule has 1 aliphatic heterocycles. The molecule has 4 N–H and O–H groups in total. The molecule has 1 aliphatic rings. The summed E-state index contributed by atoms with van der Waals surface area (Å²) in [6, 6.07) is 0. The molecule has 0 spiro atoms. The van der Waals surface area contributed by atoms with Crippen molar-refractivity contribution in [3.05, 3.63) is 0 Å². The number of nitrogens with two attached hydrogens (primary N) is 1. The van der Waals surface area contributed by atoms with E-state index in [0.717, 1.165) is 32.4 Å². The third-order valence-electron chi connectivity index (χ3n) is 3.39. The molecule has 0 bridgehead atoms. The van der Waals surface area contributed by atoms with Gasteiger partial charge < -0.3 is 21.1 Å². The Hall–Kier alpha value is -0.160. The number of nitrogens with one attached hydrogen (secondary N) is 1. The largest absolute Gasteiger partial charge is 0.396 e. The predicted molar refractivity (Wildman–Crippen MR) is 62.8 cm³/mol. The first kappa shape index (κ1) is 12.9. The molecular formula is C11H25N3O. The van der Waals surface area contributed by atoms with E-state index in [1.54, 1.807) is 0 Å². The minimum absolute atomic E-state index is 0.111. The van der Waals surface area contributed by atoms with Crippen LogP contribution in [0.15, 0.2) is 0 Å². The maximum Gasteiger partial charge on any atom is 0.0443 e. The molecule has 1 atom stereocenters. The molecule has 1 fully saturated rings. The summed E-state index contributed by atoms with van der Waals surface area (Å²) in [6.07, 6.45) is 4.29. The monoisotopic (exact) mass is 215 g/mol. The molecule has 1 unspecified atom stereocenters. The van der Waals surface area contributed by atoms with E-state index in [1.807, 2.05) is 0 Å². The smallest absolute Gasteiger partial charge is 0.0443 e. The van der Waals surface area contributed by atoms with Crippen LogP contribution in [-0.2, 0) is 0 Å². The molecule has 0 saturated carbocycles. The van der Waals surface area contributed by atoms with Gasteiger partial charge >= 0.3 is 0 Å². The van der Waals surface area contributed by atoms with E-state index in [1.165, 1.54) is 13.0 Å². The average Bonchev–Trinajstić information content (AvgIpc) is 2.42. The van der Waals surface area contributed by atoms with Gasteiger partial charge in [0, 0.05) is 18.7 Å². The lowest BCUT2D eigenvalue weighted by Crippen LogP contribution is -2.52. The van der Waals surface area contributed by atoms with E-state index in [2.05, 4.69) is 17.3 Å². The first-order chi connectivity index (χ1) is 7.22. The minimum Gasteiger partial charge on any atom is -0.396 e. The summed E-state index contributed by atoms with van der Waals surface area (Å²) < 4.78 is 0. The van der Waals surface area contributed by atoms with Gasteiger partial charge in [-0.3, -0.25) is 0 Å². The minimum atomic E-state index is 0.111. The van der Waals surface area contributed by atoms with E-state index in [9.17, 15) is 0 Å². The van der Waals surface area contributed by atoms with Gasteiger partial charge in [-0.2, -0.15) is 0 Å². The second kappa shape index (κ2) is 6.43. The van der Waals surface area contributed by atoms with Crippen molar-refractivity contribution in [3.63, 3.8) is 0 Å². The number of likely N-dealkylation sites (tertiary alicyclic amines) is 1. The van der Waals surface area contributed by atoms with Crippen LogP contribution < -0.4 is 11.1 Å². The molecule has 1 saturated heterocycles. The number of aliphatic hydroxyl groups is 1. The fourth-order valence-electron chi connectivity index (χ4n) is 2.21.